The Hall–Kier alpha value is -3.25. The van der Waals surface area contributed by atoms with E-state index < -0.39 is 0 Å². The molecule has 4 rings (SSSR count). The molecule has 1 saturated heterocycles. The van der Waals surface area contributed by atoms with Gasteiger partial charge in [-0.3, -0.25) is 4.90 Å². The highest BCUT2D eigenvalue weighted by atomic mass is 16.5. The lowest BCUT2D eigenvalue weighted by Gasteiger charge is -2.22. The quantitative estimate of drug-likeness (QED) is 0.518. The molecule has 0 bridgehead atoms. The third kappa shape index (κ3) is 4.30. The standard InChI is InChI=1S/C21H22N5O/c1-3-7-19(8-4-1)17-22-25-11-12-26(21(25)24-13-15-27-16-14-24)23-18-20-9-5-2-6-10-20/h1-12,17-18H,13-16H2/q+1/b22-17+,23-18+. The number of morpholine rings is 1. The van der Waals surface area contributed by atoms with Crippen LogP contribution in [0.15, 0.2) is 83.3 Å². The van der Waals surface area contributed by atoms with Crippen LogP contribution in [-0.4, -0.2) is 43.4 Å². The first kappa shape index (κ1) is 17.2. The molecule has 0 aliphatic carbocycles. The fourth-order valence-corrected chi connectivity index (χ4v) is 2.93. The van der Waals surface area contributed by atoms with Crippen LogP contribution in [0.2, 0.25) is 0 Å². The Kier molecular flexibility index (Phi) is 5.36. The van der Waals surface area contributed by atoms with E-state index >= 15 is 0 Å². The second-order valence-corrected chi connectivity index (χ2v) is 6.20. The van der Waals surface area contributed by atoms with E-state index in [1.807, 2.05) is 94.8 Å². The van der Waals surface area contributed by atoms with Gasteiger partial charge < -0.3 is 4.74 Å². The minimum atomic E-state index is 0.704. The zero-order chi connectivity index (χ0) is 18.3. The van der Waals surface area contributed by atoms with Crippen molar-refractivity contribution in [3.05, 3.63) is 84.2 Å². The highest BCUT2D eigenvalue weighted by Gasteiger charge is 2.27. The molecule has 1 aliphatic heterocycles. The molecule has 0 radical (unpaired) electrons. The van der Waals surface area contributed by atoms with Gasteiger partial charge in [-0.15, -0.1) is 19.6 Å². The van der Waals surface area contributed by atoms with Crippen molar-refractivity contribution < 1.29 is 9.41 Å². The summed E-state index contributed by atoms with van der Waals surface area (Å²) in [7, 11) is 0. The highest BCUT2D eigenvalue weighted by molar-refractivity contribution is 5.79. The first-order chi connectivity index (χ1) is 13.4. The predicted octanol–water partition coefficient (Wildman–Crippen LogP) is 2.38. The third-order valence-corrected chi connectivity index (χ3v) is 4.31. The Morgan fingerprint density at radius 1 is 0.852 bits per heavy atom. The molecule has 1 aliphatic rings. The predicted molar refractivity (Wildman–Crippen MR) is 107 cm³/mol. The van der Waals surface area contributed by atoms with Crippen molar-refractivity contribution in [2.24, 2.45) is 10.2 Å². The first-order valence-electron chi connectivity index (χ1n) is 9.05. The Morgan fingerprint density at radius 3 is 2.15 bits per heavy atom. The van der Waals surface area contributed by atoms with Crippen LogP contribution in [0.4, 0.5) is 5.95 Å². The molecule has 1 aromatic heterocycles. The molecule has 3 aromatic rings. The number of ether oxygens (including phenoxy) is 1. The monoisotopic (exact) mass is 360 g/mol. The van der Waals surface area contributed by atoms with Gasteiger partial charge in [-0.2, -0.15) is 0 Å². The number of nitrogens with zero attached hydrogens (tertiary/aromatic N) is 5. The van der Waals surface area contributed by atoms with Gasteiger partial charge in [0.05, 0.1) is 38.7 Å². The maximum Gasteiger partial charge on any atom is 0.408 e. The summed E-state index contributed by atoms with van der Waals surface area (Å²) in [5, 5.41) is 9.28. The van der Waals surface area contributed by atoms with E-state index in [0.717, 1.165) is 30.2 Å². The maximum absolute atomic E-state index is 5.50. The van der Waals surface area contributed by atoms with Gasteiger partial charge in [0.25, 0.3) is 0 Å². The topological polar surface area (TPSA) is 46.0 Å². The lowest BCUT2D eigenvalue weighted by molar-refractivity contribution is -0.665. The summed E-state index contributed by atoms with van der Waals surface area (Å²) in [6, 6.07) is 20.1. The minimum absolute atomic E-state index is 0.704. The summed E-state index contributed by atoms with van der Waals surface area (Å²) in [5.41, 5.74) is 2.11. The van der Waals surface area contributed by atoms with Gasteiger partial charge >= 0.3 is 5.95 Å². The second-order valence-electron chi connectivity index (χ2n) is 6.20. The van der Waals surface area contributed by atoms with Gasteiger partial charge in [0.1, 0.15) is 12.4 Å². The van der Waals surface area contributed by atoms with E-state index in [0.29, 0.717) is 13.2 Å². The molecule has 0 N–H and O–H groups in total. The summed E-state index contributed by atoms with van der Waals surface area (Å²) in [5.74, 6) is 0.915. The zero-order valence-corrected chi connectivity index (χ0v) is 15.1. The van der Waals surface area contributed by atoms with Gasteiger partial charge in [0.15, 0.2) is 0 Å². The van der Waals surface area contributed by atoms with Crippen molar-refractivity contribution in [2.45, 2.75) is 0 Å². The summed E-state index contributed by atoms with van der Waals surface area (Å²) in [6.07, 6.45) is 7.56. The Morgan fingerprint density at radius 2 is 1.48 bits per heavy atom. The summed E-state index contributed by atoms with van der Waals surface area (Å²) < 4.78 is 9.22. The molecule has 6 nitrogen and oxygen atoms in total. The Labute approximate surface area is 158 Å². The molecule has 0 spiro atoms. The molecular formula is C21H22N5O+. The van der Waals surface area contributed by atoms with Gasteiger partial charge in [0, 0.05) is 0 Å². The molecule has 1 fully saturated rings. The van der Waals surface area contributed by atoms with Gasteiger partial charge in [-0.1, -0.05) is 60.7 Å². The Bertz CT molecular complexity index is 845. The number of hydrogen-bond acceptors (Lipinski definition) is 4. The molecule has 2 aromatic carbocycles. The van der Waals surface area contributed by atoms with Crippen LogP contribution in [-0.2, 0) is 4.74 Å². The molecular weight excluding hydrogens is 338 g/mol. The molecule has 0 saturated carbocycles. The lowest BCUT2D eigenvalue weighted by atomic mass is 10.2. The first-order valence-corrected chi connectivity index (χ1v) is 9.05. The van der Waals surface area contributed by atoms with Crippen LogP contribution in [0, 0.1) is 0 Å². The zero-order valence-electron chi connectivity index (χ0n) is 15.1. The van der Waals surface area contributed by atoms with Crippen LogP contribution < -0.4 is 9.58 Å². The molecule has 0 atom stereocenters. The van der Waals surface area contributed by atoms with Crippen molar-refractivity contribution in [1.29, 1.82) is 0 Å². The Balaban J connectivity index is 1.65. The van der Waals surface area contributed by atoms with Crippen molar-refractivity contribution in [1.82, 2.24) is 4.68 Å². The fraction of sp³-hybridized carbons (Fsp3) is 0.190. The summed E-state index contributed by atoms with van der Waals surface area (Å²) in [4.78, 5) is 2.24. The van der Waals surface area contributed by atoms with E-state index in [2.05, 4.69) is 15.1 Å². The van der Waals surface area contributed by atoms with Crippen LogP contribution in [0.5, 0.6) is 0 Å². The van der Waals surface area contributed by atoms with Gasteiger partial charge in [-0.25, -0.2) is 0 Å². The van der Waals surface area contributed by atoms with Gasteiger partial charge in [0.2, 0.25) is 0 Å². The lowest BCUT2D eigenvalue weighted by Crippen LogP contribution is -2.44. The highest BCUT2D eigenvalue weighted by Crippen LogP contribution is 2.12. The van der Waals surface area contributed by atoms with E-state index in [4.69, 9.17) is 4.74 Å². The number of hydrogen-bond donors (Lipinski definition) is 0. The molecule has 0 amide bonds. The largest absolute Gasteiger partial charge is 0.408 e. The van der Waals surface area contributed by atoms with Gasteiger partial charge in [-0.05, 0) is 11.1 Å². The average Bonchev–Trinajstić information content (AvgIpc) is 3.16. The van der Waals surface area contributed by atoms with Crippen LogP contribution in [0.3, 0.4) is 0 Å². The number of anilines is 1. The normalized spacial score (nSPS) is 15.0. The number of aromatic nitrogens is 2. The molecule has 6 heteroatoms. The molecule has 136 valence electrons. The van der Waals surface area contributed by atoms with Crippen molar-refractivity contribution in [2.75, 3.05) is 31.2 Å². The van der Waals surface area contributed by atoms with Crippen molar-refractivity contribution >= 4 is 18.4 Å². The third-order valence-electron chi connectivity index (χ3n) is 4.31. The van der Waals surface area contributed by atoms with E-state index in [1.54, 1.807) is 0 Å². The summed E-state index contributed by atoms with van der Waals surface area (Å²) >= 11 is 0. The van der Waals surface area contributed by atoms with Crippen molar-refractivity contribution in [3.63, 3.8) is 0 Å². The van der Waals surface area contributed by atoms with Crippen molar-refractivity contribution in [3.8, 4) is 0 Å². The average molecular weight is 360 g/mol. The minimum Gasteiger partial charge on any atom is -0.375 e. The maximum atomic E-state index is 5.50. The van der Waals surface area contributed by atoms with E-state index in [-0.39, 0.29) is 0 Å². The van der Waals surface area contributed by atoms with E-state index in [1.165, 1.54) is 0 Å². The SMILES string of the molecule is C(=N\n1cc[n+](/N=C/c2ccccc2)c1N1CCOCC1)/c1ccccc1. The molecule has 27 heavy (non-hydrogen) atoms. The van der Waals surface area contributed by atoms with Crippen LogP contribution in [0.25, 0.3) is 0 Å². The summed E-state index contributed by atoms with van der Waals surface area (Å²) in [6.45, 7) is 3.03. The van der Waals surface area contributed by atoms with Crippen LogP contribution in [0.1, 0.15) is 11.1 Å². The van der Waals surface area contributed by atoms with E-state index in [9.17, 15) is 0 Å². The number of imidazole rings is 1. The van der Waals surface area contributed by atoms with Crippen LogP contribution >= 0.6 is 0 Å². The number of rotatable bonds is 5. The number of benzene rings is 2. The second kappa shape index (κ2) is 8.42. The molecule has 0 unspecified atom stereocenters. The fourth-order valence-electron chi connectivity index (χ4n) is 2.93. The smallest absolute Gasteiger partial charge is 0.375 e. The molecule has 2 heterocycles.